The summed E-state index contributed by atoms with van der Waals surface area (Å²) in [6.45, 7) is 1.01. The van der Waals surface area contributed by atoms with Crippen molar-refractivity contribution in [3.8, 4) is 11.5 Å². The molecular weight excluding hydrogens is 330 g/mol. The van der Waals surface area contributed by atoms with Crippen LogP contribution in [0.1, 0.15) is 18.4 Å². The zero-order chi connectivity index (χ0) is 16.2. The van der Waals surface area contributed by atoms with Crippen LogP contribution in [0.3, 0.4) is 0 Å². The van der Waals surface area contributed by atoms with Gasteiger partial charge in [0.05, 0.1) is 29.7 Å². The molecule has 8 heteroatoms. The first-order valence-corrected chi connectivity index (χ1v) is 9.10. The third kappa shape index (κ3) is 4.51. The van der Waals surface area contributed by atoms with Crippen molar-refractivity contribution >= 4 is 27.3 Å². The van der Waals surface area contributed by atoms with Gasteiger partial charge in [0, 0.05) is 19.9 Å². The van der Waals surface area contributed by atoms with Gasteiger partial charge in [0.25, 0.3) is 0 Å². The van der Waals surface area contributed by atoms with Gasteiger partial charge in [-0.15, -0.1) is 0 Å². The highest BCUT2D eigenvalue weighted by Crippen LogP contribution is 2.38. The van der Waals surface area contributed by atoms with E-state index in [-0.39, 0.29) is 23.8 Å². The zero-order valence-corrected chi connectivity index (χ0v) is 13.8. The van der Waals surface area contributed by atoms with Gasteiger partial charge in [-0.1, -0.05) is 11.6 Å². The molecular formula is C14H18ClNO5S. The first-order chi connectivity index (χ1) is 10.4. The molecule has 6 nitrogen and oxygen atoms in total. The Morgan fingerprint density at radius 2 is 2.05 bits per heavy atom. The van der Waals surface area contributed by atoms with Crippen LogP contribution in [0.25, 0.3) is 0 Å². The fourth-order valence-electron chi connectivity index (χ4n) is 2.07. The highest BCUT2D eigenvalue weighted by molar-refractivity contribution is 7.90. The van der Waals surface area contributed by atoms with Crippen LogP contribution in [0.2, 0.25) is 5.02 Å². The molecule has 0 unspecified atom stereocenters. The molecule has 0 bridgehead atoms. The molecule has 0 saturated carbocycles. The number of rotatable bonds is 5. The lowest BCUT2D eigenvalue weighted by atomic mass is 10.2. The van der Waals surface area contributed by atoms with Crippen LogP contribution in [0.4, 0.5) is 0 Å². The predicted molar refractivity (Wildman–Crippen MR) is 83.2 cm³/mol. The van der Waals surface area contributed by atoms with E-state index in [1.165, 1.54) is 7.05 Å². The Balaban J connectivity index is 2.14. The van der Waals surface area contributed by atoms with Gasteiger partial charge >= 0.3 is 0 Å². The maximum absolute atomic E-state index is 12.1. The third-order valence-electron chi connectivity index (χ3n) is 3.17. The van der Waals surface area contributed by atoms with E-state index in [0.29, 0.717) is 35.3 Å². The van der Waals surface area contributed by atoms with E-state index >= 15 is 0 Å². The maximum atomic E-state index is 12.1. The second kappa shape index (κ2) is 7.19. The van der Waals surface area contributed by atoms with Crippen LogP contribution < -0.4 is 14.8 Å². The lowest BCUT2D eigenvalue weighted by Crippen LogP contribution is -2.22. The standard InChI is InChI=1S/C14H18ClNO5S/c1-16-13(17)3-6-22(18,19)9-10-7-11(15)14-12(8-10)20-4-2-5-21-14/h7-8H,2-6,9H2,1H3,(H,16,17). The normalized spacial score (nSPS) is 14.3. The molecule has 1 amide bonds. The lowest BCUT2D eigenvalue weighted by molar-refractivity contribution is -0.120. The number of hydrogen-bond acceptors (Lipinski definition) is 5. The maximum Gasteiger partial charge on any atom is 0.220 e. The van der Waals surface area contributed by atoms with E-state index in [1.54, 1.807) is 12.1 Å². The number of hydrogen-bond donors (Lipinski definition) is 1. The molecule has 122 valence electrons. The van der Waals surface area contributed by atoms with Gasteiger partial charge in [-0.2, -0.15) is 0 Å². The average Bonchev–Trinajstić information content (AvgIpc) is 2.70. The van der Waals surface area contributed by atoms with Gasteiger partial charge in [0.1, 0.15) is 0 Å². The molecule has 0 aliphatic carbocycles. The van der Waals surface area contributed by atoms with Crippen molar-refractivity contribution in [1.82, 2.24) is 5.32 Å². The number of halogens is 1. The fraction of sp³-hybridized carbons (Fsp3) is 0.500. The predicted octanol–water partition coefficient (Wildman–Crippen LogP) is 1.55. The van der Waals surface area contributed by atoms with Gasteiger partial charge in [-0.3, -0.25) is 4.79 Å². The molecule has 2 rings (SSSR count). The van der Waals surface area contributed by atoms with Crippen LogP contribution in [0.5, 0.6) is 11.5 Å². The minimum absolute atomic E-state index is 0.0584. The molecule has 1 aliphatic rings. The van der Waals surface area contributed by atoms with Crippen molar-refractivity contribution in [3.63, 3.8) is 0 Å². The van der Waals surface area contributed by atoms with Crippen molar-refractivity contribution in [2.45, 2.75) is 18.6 Å². The highest BCUT2D eigenvalue weighted by atomic mass is 35.5. The molecule has 0 atom stereocenters. The summed E-state index contributed by atoms with van der Waals surface area (Å²) in [5.41, 5.74) is 0.520. The first kappa shape index (κ1) is 16.9. The van der Waals surface area contributed by atoms with Crippen LogP contribution in [-0.4, -0.2) is 40.3 Å². The van der Waals surface area contributed by atoms with Crippen molar-refractivity contribution in [2.75, 3.05) is 26.0 Å². The molecule has 1 aromatic rings. The minimum atomic E-state index is -3.41. The summed E-state index contributed by atoms with van der Waals surface area (Å²) in [5, 5.41) is 2.73. The number of benzene rings is 1. The van der Waals surface area contributed by atoms with E-state index in [0.717, 1.165) is 6.42 Å². The van der Waals surface area contributed by atoms with E-state index in [4.69, 9.17) is 21.1 Å². The Bertz CT molecular complexity index is 659. The summed E-state index contributed by atoms with van der Waals surface area (Å²) in [6, 6.07) is 3.19. The summed E-state index contributed by atoms with van der Waals surface area (Å²) in [5.74, 6) is 0.200. The quantitative estimate of drug-likeness (QED) is 0.874. The number of nitrogens with one attached hydrogen (secondary N) is 1. The summed E-state index contributed by atoms with van der Waals surface area (Å²) in [6.07, 6.45) is 0.682. The third-order valence-corrected chi connectivity index (χ3v) is 5.05. The number of ether oxygens (including phenoxy) is 2. The lowest BCUT2D eigenvalue weighted by Gasteiger charge is -2.12. The zero-order valence-electron chi connectivity index (χ0n) is 12.2. The monoisotopic (exact) mass is 347 g/mol. The second-order valence-electron chi connectivity index (χ2n) is 4.97. The topological polar surface area (TPSA) is 81.7 Å². The number of amides is 1. The molecule has 0 spiro atoms. The minimum Gasteiger partial charge on any atom is -0.489 e. The second-order valence-corrected chi connectivity index (χ2v) is 7.56. The van der Waals surface area contributed by atoms with Gasteiger partial charge in [0.2, 0.25) is 5.91 Å². The van der Waals surface area contributed by atoms with E-state index < -0.39 is 9.84 Å². The average molecular weight is 348 g/mol. The van der Waals surface area contributed by atoms with Crippen LogP contribution >= 0.6 is 11.6 Å². The summed E-state index contributed by atoms with van der Waals surface area (Å²) in [4.78, 5) is 11.2. The molecule has 1 aliphatic heterocycles. The molecule has 0 radical (unpaired) electrons. The number of fused-ring (bicyclic) bond motifs is 1. The van der Waals surface area contributed by atoms with Crippen LogP contribution in [-0.2, 0) is 20.4 Å². The number of sulfone groups is 1. The van der Waals surface area contributed by atoms with E-state index in [2.05, 4.69) is 5.32 Å². The van der Waals surface area contributed by atoms with Crippen molar-refractivity contribution in [2.24, 2.45) is 0 Å². The van der Waals surface area contributed by atoms with Gasteiger partial charge in [-0.05, 0) is 17.7 Å². The Kier molecular flexibility index (Phi) is 5.52. The summed E-state index contributed by atoms with van der Waals surface area (Å²) in [7, 11) is -1.94. The smallest absolute Gasteiger partial charge is 0.220 e. The van der Waals surface area contributed by atoms with Crippen molar-refractivity contribution in [3.05, 3.63) is 22.7 Å². The van der Waals surface area contributed by atoms with Gasteiger partial charge in [-0.25, -0.2) is 8.42 Å². The molecule has 1 heterocycles. The molecule has 1 aromatic carbocycles. The van der Waals surface area contributed by atoms with E-state index in [9.17, 15) is 13.2 Å². The Morgan fingerprint density at radius 1 is 1.32 bits per heavy atom. The fourth-order valence-corrected chi connectivity index (χ4v) is 3.67. The largest absolute Gasteiger partial charge is 0.489 e. The number of carbonyl (C=O) groups excluding carboxylic acids is 1. The Hall–Kier alpha value is -1.47. The molecule has 1 N–H and O–H groups in total. The number of carbonyl (C=O) groups is 1. The Morgan fingerprint density at radius 3 is 2.77 bits per heavy atom. The molecule has 0 saturated heterocycles. The van der Waals surface area contributed by atoms with Crippen molar-refractivity contribution in [1.29, 1.82) is 0 Å². The SMILES string of the molecule is CNC(=O)CCS(=O)(=O)Cc1cc(Cl)c2c(c1)OCCCO2. The Labute approximate surface area is 134 Å². The van der Waals surface area contributed by atoms with Crippen LogP contribution in [0.15, 0.2) is 12.1 Å². The van der Waals surface area contributed by atoms with E-state index in [1.807, 2.05) is 0 Å². The van der Waals surface area contributed by atoms with Gasteiger partial charge < -0.3 is 14.8 Å². The first-order valence-electron chi connectivity index (χ1n) is 6.90. The molecule has 0 fully saturated rings. The van der Waals surface area contributed by atoms with Gasteiger partial charge in [0.15, 0.2) is 21.3 Å². The summed E-state index contributed by atoms with van der Waals surface area (Å²) >= 11 is 6.13. The summed E-state index contributed by atoms with van der Waals surface area (Å²) < 4.78 is 35.2. The van der Waals surface area contributed by atoms with Crippen molar-refractivity contribution < 1.29 is 22.7 Å². The van der Waals surface area contributed by atoms with Crippen LogP contribution in [0, 0.1) is 0 Å². The molecule has 22 heavy (non-hydrogen) atoms. The molecule has 0 aromatic heterocycles. The highest BCUT2D eigenvalue weighted by Gasteiger charge is 2.19.